The third kappa shape index (κ3) is 1.45. The van der Waals surface area contributed by atoms with Crippen LogP contribution in [0.5, 0.6) is 0 Å². The van der Waals surface area contributed by atoms with Crippen molar-refractivity contribution < 1.29 is 0 Å². The molecule has 0 aliphatic carbocycles. The van der Waals surface area contributed by atoms with E-state index < -0.39 is 0 Å². The van der Waals surface area contributed by atoms with Crippen molar-refractivity contribution in [2.45, 2.75) is 12.5 Å². The van der Waals surface area contributed by atoms with Crippen LogP contribution < -0.4 is 5.73 Å². The maximum Gasteiger partial charge on any atom is 0.137 e. The van der Waals surface area contributed by atoms with Gasteiger partial charge in [-0.2, -0.15) is 5.26 Å². The smallest absolute Gasteiger partial charge is 0.137 e. The van der Waals surface area contributed by atoms with Crippen LogP contribution in [-0.2, 0) is 0 Å². The number of rotatable bonds is 2. The van der Waals surface area contributed by atoms with Gasteiger partial charge < -0.3 is 10.7 Å². The molecule has 2 rings (SSSR count). The van der Waals surface area contributed by atoms with Crippen LogP contribution in [0.3, 0.4) is 0 Å². The zero-order chi connectivity index (χ0) is 9.97. The molecule has 0 aromatic carbocycles. The number of nitriles is 1. The van der Waals surface area contributed by atoms with Gasteiger partial charge in [0.05, 0.1) is 12.5 Å². The molecule has 0 fully saturated rings. The Kier molecular flexibility index (Phi) is 2.17. The van der Waals surface area contributed by atoms with Gasteiger partial charge in [0, 0.05) is 23.8 Å². The van der Waals surface area contributed by atoms with Gasteiger partial charge in [0.15, 0.2) is 0 Å². The summed E-state index contributed by atoms with van der Waals surface area (Å²) in [6.45, 7) is 0. The standard InChI is InChI=1S/C10H10N4/c11-3-1-9(12)8-5-7-2-4-13-10(7)14-6-8/h2,4-6,9H,1,12H2,(H,13,14)/t9-/m1/s1. The monoisotopic (exact) mass is 186 g/mol. The lowest BCUT2D eigenvalue weighted by atomic mass is 10.1. The molecular formula is C10H10N4. The molecule has 2 aromatic rings. The van der Waals surface area contributed by atoms with Gasteiger partial charge in [0.2, 0.25) is 0 Å². The van der Waals surface area contributed by atoms with E-state index in [9.17, 15) is 0 Å². The highest BCUT2D eigenvalue weighted by atomic mass is 14.8. The van der Waals surface area contributed by atoms with Gasteiger partial charge in [0.1, 0.15) is 5.65 Å². The van der Waals surface area contributed by atoms with E-state index in [1.807, 2.05) is 24.4 Å². The predicted octanol–water partition coefficient (Wildman–Crippen LogP) is 1.48. The number of H-pyrrole nitrogens is 1. The van der Waals surface area contributed by atoms with E-state index >= 15 is 0 Å². The molecule has 0 radical (unpaired) electrons. The summed E-state index contributed by atoms with van der Waals surface area (Å²) in [5, 5.41) is 9.54. The molecule has 2 heterocycles. The van der Waals surface area contributed by atoms with Crippen LogP contribution in [0.25, 0.3) is 11.0 Å². The van der Waals surface area contributed by atoms with E-state index in [1.165, 1.54) is 0 Å². The fourth-order valence-corrected chi connectivity index (χ4v) is 1.38. The summed E-state index contributed by atoms with van der Waals surface area (Å²) in [4.78, 5) is 7.20. The molecular weight excluding hydrogens is 176 g/mol. The average Bonchev–Trinajstić information content (AvgIpc) is 2.64. The molecule has 14 heavy (non-hydrogen) atoms. The number of nitrogens with two attached hydrogens (primary N) is 1. The molecule has 0 saturated carbocycles. The van der Waals surface area contributed by atoms with Crippen LogP contribution in [-0.4, -0.2) is 9.97 Å². The van der Waals surface area contributed by atoms with Crippen molar-refractivity contribution in [1.29, 1.82) is 5.26 Å². The predicted molar refractivity (Wildman–Crippen MR) is 53.3 cm³/mol. The minimum atomic E-state index is -0.244. The number of hydrogen-bond donors (Lipinski definition) is 2. The number of nitrogens with one attached hydrogen (secondary N) is 1. The summed E-state index contributed by atoms with van der Waals surface area (Å²) in [7, 11) is 0. The second-order valence-corrected chi connectivity index (χ2v) is 3.15. The Morgan fingerprint density at radius 2 is 2.50 bits per heavy atom. The Bertz CT molecular complexity index is 480. The van der Waals surface area contributed by atoms with Crippen LogP contribution in [0.15, 0.2) is 24.5 Å². The number of pyridine rings is 1. The Labute approximate surface area is 81.4 Å². The second-order valence-electron chi connectivity index (χ2n) is 3.15. The van der Waals surface area contributed by atoms with Crippen molar-refractivity contribution in [3.63, 3.8) is 0 Å². The summed E-state index contributed by atoms with van der Waals surface area (Å²) in [5.41, 5.74) is 7.54. The quantitative estimate of drug-likeness (QED) is 0.745. The first kappa shape index (κ1) is 8.73. The van der Waals surface area contributed by atoms with Crippen LogP contribution in [0.4, 0.5) is 0 Å². The summed E-state index contributed by atoms with van der Waals surface area (Å²) in [5.74, 6) is 0. The molecule has 4 nitrogen and oxygen atoms in total. The third-order valence-electron chi connectivity index (χ3n) is 2.16. The van der Waals surface area contributed by atoms with Crippen molar-refractivity contribution >= 4 is 11.0 Å². The summed E-state index contributed by atoms with van der Waals surface area (Å²) in [6.07, 6.45) is 3.86. The molecule has 70 valence electrons. The van der Waals surface area contributed by atoms with Crippen molar-refractivity contribution in [2.24, 2.45) is 5.73 Å². The maximum absolute atomic E-state index is 8.51. The first-order chi connectivity index (χ1) is 6.81. The Hall–Kier alpha value is -1.86. The van der Waals surface area contributed by atoms with E-state index in [1.54, 1.807) is 6.20 Å². The highest BCUT2D eigenvalue weighted by molar-refractivity contribution is 5.75. The molecule has 4 heteroatoms. The van der Waals surface area contributed by atoms with Crippen molar-refractivity contribution in [3.05, 3.63) is 30.1 Å². The summed E-state index contributed by atoms with van der Waals surface area (Å²) < 4.78 is 0. The Morgan fingerprint density at radius 3 is 3.29 bits per heavy atom. The van der Waals surface area contributed by atoms with E-state index in [0.29, 0.717) is 6.42 Å². The van der Waals surface area contributed by atoms with Crippen LogP contribution in [0.1, 0.15) is 18.0 Å². The largest absolute Gasteiger partial charge is 0.346 e. The molecule has 0 bridgehead atoms. The topological polar surface area (TPSA) is 78.5 Å². The van der Waals surface area contributed by atoms with Gasteiger partial charge in [-0.3, -0.25) is 0 Å². The SMILES string of the molecule is N#CC[C@@H](N)c1cnc2[nH]ccc2c1. The molecule has 0 saturated heterocycles. The molecule has 2 aromatic heterocycles. The average molecular weight is 186 g/mol. The highest BCUT2D eigenvalue weighted by Crippen LogP contribution is 2.17. The molecule has 0 unspecified atom stereocenters. The van der Waals surface area contributed by atoms with E-state index in [-0.39, 0.29) is 6.04 Å². The zero-order valence-corrected chi connectivity index (χ0v) is 7.57. The molecule has 0 aliphatic heterocycles. The number of aromatic amines is 1. The fraction of sp³-hybridized carbons (Fsp3) is 0.200. The van der Waals surface area contributed by atoms with Gasteiger partial charge in [0.25, 0.3) is 0 Å². The number of aromatic nitrogens is 2. The van der Waals surface area contributed by atoms with Crippen molar-refractivity contribution in [2.75, 3.05) is 0 Å². The Morgan fingerprint density at radius 1 is 1.64 bits per heavy atom. The number of fused-ring (bicyclic) bond motifs is 1. The van der Waals surface area contributed by atoms with Crippen molar-refractivity contribution in [1.82, 2.24) is 9.97 Å². The highest BCUT2D eigenvalue weighted by Gasteiger charge is 2.06. The van der Waals surface area contributed by atoms with E-state index in [0.717, 1.165) is 16.6 Å². The van der Waals surface area contributed by atoms with Crippen LogP contribution in [0.2, 0.25) is 0 Å². The summed E-state index contributed by atoms with van der Waals surface area (Å²) in [6, 6.07) is 5.70. The van der Waals surface area contributed by atoms with E-state index in [4.69, 9.17) is 11.0 Å². The first-order valence-corrected chi connectivity index (χ1v) is 4.37. The normalized spacial score (nSPS) is 12.6. The van der Waals surface area contributed by atoms with Crippen molar-refractivity contribution in [3.8, 4) is 6.07 Å². The molecule has 1 atom stereocenters. The molecule has 0 aliphatic rings. The minimum Gasteiger partial charge on any atom is -0.346 e. The van der Waals surface area contributed by atoms with Gasteiger partial charge in [-0.1, -0.05) is 0 Å². The Balaban J connectivity index is 2.39. The van der Waals surface area contributed by atoms with Gasteiger partial charge in [-0.05, 0) is 17.7 Å². The van der Waals surface area contributed by atoms with Crippen LogP contribution in [0, 0.1) is 11.3 Å². The molecule has 3 N–H and O–H groups in total. The first-order valence-electron chi connectivity index (χ1n) is 4.37. The number of hydrogen-bond acceptors (Lipinski definition) is 3. The maximum atomic E-state index is 8.51. The minimum absolute atomic E-state index is 0.244. The molecule has 0 amide bonds. The van der Waals surface area contributed by atoms with E-state index in [2.05, 4.69) is 9.97 Å². The number of nitrogens with zero attached hydrogens (tertiary/aromatic N) is 2. The lowest BCUT2D eigenvalue weighted by Crippen LogP contribution is -2.09. The third-order valence-corrected chi connectivity index (χ3v) is 2.16. The zero-order valence-electron chi connectivity index (χ0n) is 7.57. The lowest BCUT2D eigenvalue weighted by molar-refractivity contribution is 0.746. The molecule has 0 spiro atoms. The fourth-order valence-electron chi connectivity index (χ4n) is 1.38. The van der Waals surface area contributed by atoms with Gasteiger partial charge in [-0.25, -0.2) is 4.98 Å². The second kappa shape index (κ2) is 3.48. The summed E-state index contributed by atoms with van der Waals surface area (Å²) >= 11 is 0. The van der Waals surface area contributed by atoms with Gasteiger partial charge >= 0.3 is 0 Å². The lowest BCUT2D eigenvalue weighted by Gasteiger charge is -2.06. The van der Waals surface area contributed by atoms with Gasteiger partial charge in [-0.15, -0.1) is 0 Å². The van der Waals surface area contributed by atoms with Crippen LogP contribution >= 0.6 is 0 Å².